The van der Waals surface area contributed by atoms with E-state index in [4.69, 9.17) is 0 Å². The van der Waals surface area contributed by atoms with Crippen LogP contribution in [0.1, 0.15) is 28.8 Å². The van der Waals surface area contributed by atoms with E-state index in [2.05, 4.69) is 10.4 Å². The van der Waals surface area contributed by atoms with Crippen molar-refractivity contribution in [1.82, 2.24) is 19.7 Å². The van der Waals surface area contributed by atoms with E-state index in [1.807, 2.05) is 0 Å². The maximum Gasteiger partial charge on any atom is 0.255 e. The normalized spacial score (nSPS) is 14.6. The molecule has 0 bridgehead atoms. The smallest absolute Gasteiger partial charge is 0.255 e. The van der Waals surface area contributed by atoms with Gasteiger partial charge in [0.1, 0.15) is 5.82 Å². The van der Waals surface area contributed by atoms with Gasteiger partial charge in [-0.25, -0.2) is 4.39 Å². The van der Waals surface area contributed by atoms with E-state index in [1.54, 1.807) is 36.3 Å². The quantitative estimate of drug-likeness (QED) is 0.714. The Kier molecular flexibility index (Phi) is 4.58. The summed E-state index contributed by atoms with van der Waals surface area (Å²) in [4.78, 5) is 24.7. The number of benzene rings is 1. The van der Waals surface area contributed by atoms with Crippen molar-refractivity contribution < 1.29 is 9.18 Å². The predicted octanol–water partition coefficient (Wildman–Crippen LogP) is 2.46. The molecular formula is C21H21FN4O2. The number of carbonyl (C=O) groups excluding carboxylic acids is 1. The number of nitrogens with zero attached hydrogens (tertiary/aromatic N) is 3. The van der Waals surface area contributed by atoms with E-state index in [0.29, 0.717) is 17.8 Å². The molecule has 2 heterocycles. The highest BCUT2D eigenvalue weighted by Crippen LogP contribution is 2.47. The van der Waals surface area contributed by atoms with Crippen molar-refractivity contribution in [3.63, 3.8) is 0 Å². The minimum Gasteiger partial charge on any atom is -0.351 e. The number of hydrogen-bond acceptors (Lipinski definition) is 3. The molecule has 1 aromatic carbocycles. The molecule has 1 fully saturated rings. The third-order valence-electron chi connectivity index (χ3n) is 5.22. The summed E-state index contributed by atoms with van der Waals surface area (Å²) in [6.45, 7) is 0.551. The molecule has 3 aromatic rings. The second kappa shape index (κ2) is 7.07. The second-order valence-electron chi connectivity index (χ2n) is 7.48. The van der Waals surface area contributed by atoms with Crippen molar-refractivity contribution in [2.45, 2.75) is 19.3 Å². The van der Waals surface area contributed by atoms with Crippen LogP contribution in [0.5, 0.6) is 0 Å². The van der Waals surface area contributed by atoms with Gasteiger partial charge in [0.25, 0.3) is 11.5 Å². The van der Waals surface area contributed by atoms with Gasteiger partial charge in [-0.15, -0.1) is 0 Å². The Morgan fingerprint density at radius 3 is 2.57 bits per heavy atom. The molecule has 1 aliphatic rings. The van der Waals surface area contributed by atoms with Gasteiger partial charge in [-0.1, -0.05) is 12.1 Å². The van der Waals surface area contributed by atoms with Gasteiger partial charge in [0.15, 0.2) is 0 Å². The maximum absolute atomic E-state index is 13.1. The zero-order valence-corrected chi connectivity index (χ0v) is 15.6. The molecule has 6 nitrogen and oxygen atoms in total. The fraction of sp³-hybridized carbons (Fsp3) is 0.286. The Balaban J connectivity index is 1.44. The van der Waals surface area contributed by atoms with Crippen molar-refractivity contribution in [3.05, 3.63) is 82.3 Å². The fourth-order valence-corrected chi connectivity index (χ4v) is 3.35. The highest BCUT2D eigenvalue weighted by Gasteiger charge is 2.42. The number of hydrogen-bond donors (Lipinski definition) is 1. The molecule has 144 valence electrons. The van der Waals surface area contributed by atoms with Crippen molar-refractivity contribution in [3.8, 4) is 5.69 Å². The van der Waals surface area contributed by atoms with Crippen LogP contribution in [-0.2, 0) is 13.5 Å². The Morgan fingerprint density at radius 1 is 1.18 bits per heavy atom. The lowest BCUT2D eigenvalue weighted by Gasteiger charge is -2.16. The second-order valence-corrected chi connectivity index (χ2v) is 7.48. The van der Waals surface area contributed by atoms with Crippen LogP contribution in [0.15, 0.2) is 59.8 Å². The molecule has 7 heteroatoms. The van der Waals surface area contributed by atoms with Crippen LogP contribution in [0, 0.1) is 11.2 Å². The van der Waals surface area contributed by atoms with Gasteiger partial charge in [0.2, 0.25) is 0 Å². The van der Waals surface area contributed by atoms with Gasteiger partial charge in [0.05, 0.1) is 17.4 Å². The third-order valence-corrected chi connectivity index (χ3v) is 5.22. The van der Waals surface area contributed by atoms with Gasteiger partial charge < -0.3 is 5.32 Å². The summed E-state index contributed by atoms with van der Waals surface area (Å²) in [5, 5.41) is 7.05. The Bertz CT molecular complexity index is 1060. The molecule has 1 amide bonds. The maximum atomic E-state index is 13.1. The molecule has 1 aliphatic carbocycles. The van der Waals surface area contributed by atoms with Gasteiger partial charge >= 0.3 is 0 Å². The fourth-order valence-electron chi connectivity index (χ4n) is 3.35. The van der Waals surface area contributed by atoms with E-state index < -0.39 is 0 Å². The number of carbonyl (C=O) groups is 1. The summed E-state index contributed by atoms with van der Waals surface area (Å²) in [5.74, 6) is -0.464. The first-order chi connectivity index (χ1) is 13.4. The topological polar surface area (TPSA) is 68.9 Å². The lowest BCUT2D eigenvalue weighted by molar-refractivity contribution is 0.0944. The highest BCUT2D eigenvalue weighted by atomic mass is 19.1. The lowest BCUT2D eigenvalue weighted by Crippen LogP contribution is -2.32. The lowest BCUT2D eigenvalue weighted by atomic mass is 9.96. The molecule has 28 heavy (non-hydrogen) atoms. The molecule has 4 rings (SSSR count). The van der Waals surface area contributed by atoms with Gasteiger partial charge in [-0.2, -0.15) is 5.10 Å². The van der Waals surface area contributed by atoms with Crippen molar-refractivity contribution in [2.24, 2.45) is 12.5 Å². The number of pyridine rings is 1. The SMILES string of the molecule is Cn1cc(-n2cc(C(=O)NCC3(Cc4ccc(F)cc4)CC3)ccc2=O)cn1. The first-order valence-corrected chi connectivity index (χ1v) is 9.19. The number of aryl methyl sites for hydroxylation is 1. The van der Waals surface area contributed by atoms with Crippen LogP contribution < -0.4 is 10.9 Å². The number of aromatic nitrogens is 3. The van der Waals surface area contributed by atoms with Gasteiger partial charge in [-0.05, 0) is 48.4 Å². The van der Waals surface area contributed by atoms with E-state index >= 15 is 0 Å². The first kappa shape index (κ1) is 18.2. The largest absolute Gasteiger partial charge is 0.351 e. The molecule has 0 unspecified atom stereocenters. The molecule has 0 aliphatic heterocycles. The third kappa shape index (κ3) is 3.88. The summed E-state index contributed by atoms with van der Waals surface area (Å²) in [7, 11) is 1.77. The van der Waals surface area contributed by atoms with E-state index in [1.165, 1.54) is 35.0 Å². The average Bonchev–Trinajstić information content (AvgIpc) is 3.32. The van der Waals surface area contributed by atoms with Crippen LogP contribution in [0.25, 0.3) is 5.69 Å². The van der Waals surface area contributed by atoms with Crippen LogP contribution >= 0.6 is 0 Å². The Labute approximate surface area is 161 Å². The van der Waals surface area contributed by atoms with Gasteiger partial charge in [-0.3, -0.25) is 18.8 Å². The monoisotopic (exact) mass is 380 g/mol. The van der Waals surface area contributed by atoms with Gasteiger partial charge in [0, 0.05) is 32.1 Å². The highest BCUT2D eigenvalue weighted by molar-refractivity contribution is 5.94. The molecular weight excluding hydrogens is 359 g/mol. The zero-order chi connectivity index (χ0) is 19.7. The Hall–Kier alpha value is -3.22. The standard InChI is InChI=1S/C21H21FN4O2/c1-25-13-18(11-24-25)26-12-16(4-7-19(26)27)20(28)23-14-21(8-9-21)10-15-2-5-17(22)6-3-15/h2-7,11-13H,8-10,14H2,1H3,(H,23,28). The van der Waals surface area contributed by atoms with Crippen LogP contribution in [0.4, 0.5) is 4.39 Å². The van der Waals surface area contributed by atoms with Crippen molar-refractivity contribution in [1.29, 1.82) is 0 Å². The number of amides is 1. The van der Waals surface area contributed by atoms with Crippen molar-refractivity contribution >= 4 is 5.91 Å². The number of halogens is 1. The van der Waals surface area contributed by atoms with Crippen LogP contribution in [-0.4, -0.2) is 26.8 Å². The van der Waals surface area contributed by atoms with Crippen LogP contribution in [0.3, 0.4) is 0 Å². The zero-order valence-electron chi connectivity index (χ0n) is 15.6. The summed E-state index contributed by atoms with van der Waals surface area (Å²) in [6, 6.07) is 9.43. The molecule has 0 radical (unpaired) electrons. The molecule has 2 aromatic heterocycles. The van der Waals surface area contributed by atoms with E-state index in [0.717, 1.165) is 24.8 Å². The Morgan fingerprint density at radius 2 is 1.93 bits per heavy atom. The molecule has 0 saturated heterocycles. The summed E-state index contributed by atoms with van der Waals surface area (Å²) < 4.78 is 16.1. The minimum atomic E-state index is -0.245. The number of rotatable bonds is 6. The van der Waals surface area contributed by atoms with Crippen molar-refractivity contribution in [2.75, 3.05) is 6.54 Å². The summed E-state index contributed by atoms with van der Waals surface area (Å²) >= 11 is 0. The summed E-state index contributed by atoms with van der Waals surface area (Å²) in [6.07, 6.45) is 7.69. The first-order valence-electron chi connectivity index (χ1n) is 9.19. The molecule has 1 saturated carbocycles. The summed E-state index contributed by atoms with van der Waals surface area (Å²) in [5.41, 5.74) is 1.90. The molecule has 0 spiro atoms. The minimum absolute atomic E-state index is 0.0330. The molecule has 1 N–H and O–H groups in total. The molecule has 0 atom stereocenters. The van der Waals surface area contributed by atoms with Crippen LogP contribution in [0.2, 0.25) is 0 Å². The number of nitrogens with one attached hydrogen (secondary N) is 1. The predicted molar refractivity (Wildman–Crippen MR) is 103 cm³/mol. The van der Waals surface area contributed by atoms with E-state index in [9.17, 15) is 14.0 Å². The van der Waals surface area contributed by atoms with E-state index in [-0.39, 0.29) is 22.7 Å². The average molecular weight is 380 g/mol.